The molecule has 5 N–H and O–H groups in total. The Hall–Kier alpha value is -3.58. The Morgan fingerprint density at radius 2 is 1.93 bits per heavy atom. The standard InChI is InChI=1S/C26H38N6O7.ClH/c1-2-37-23(34)10-11-32(19-8-9-19)24(35)21(30-26(36)39-17-18-6-4-3-5-7-18)14-22(33)29-15-20-16-31(25(27)28)12-13-38-20;/h3-7,19-21H,2,8-17H2,1H3,(H3,27,28)(H,29,33)(H,30,36);1H/t20?,21-;/m0./s1. The molecular formula is C26H39ClN6O7. The van der Waals surface area contributed by atoms with E-state index in [1.165, 1.54) is 4.90 Å². The molecule has 14 heteroatoms. The molecule has 222 valence electrons. The summed E-state index contributed by atoms with van der Waals surface area (Å²) in [5.41, 5.74) is 6.33. The van der Waals surface area contributed by atoms with Crippen molar-refractivity contribution < 1.29 is 33.4 Å². The van der Waals surface area contributed by atoms with Crippen molar-refractivity contribution in [1.29, 1.82) is 5.41 Å². The summed E-state index contributed by atoms with van der Waals surface area (Å²) < 4.78 is 15.9. The first-order valence-corrected chi connectivity index (χ1v) is 13.2. The van der Waals surface area contributed by atoms with Gasteiger partial charge in [0.05, 0.1) is 32.2 Å². The van der Waals surface area contributed by atoms with Crippen LogP contribution >= 0.6 is 12.4 Å². The molecule has 1 aliphatic carbocycles. The number of benzene rings is 1. The van der Waals surface area contributed by atoms with Gasteiger partial charge >= 0.3 is 12.1 Å². The van der Waals surface area contributed by atoms with E-state index < -0.39 is 29.9 Å². The van der Waals surface area contributed by atoms with E-state index in [2.05, 4.69) is 10.6 Å². The third kappa shape index (κ3) is 10.9. The average Bonchev–Trinajstić information content (AvgIpc) is 3.77. The number of nitrogens with zero attached hydrogens (tertiary/aromatic N) is 2. The molecule has 1 aromatic carbocycles. The maximum Gasteiger partial charge on any atom is 0.408 e. The van der Waals surface area contributed by atoms with E-state index in [0.29, 0.717) is 19.7 Å². The van der Waals surface area contributed by atoms with Gasteiger partial charge in [0.2, 0.25) is 11.8 Å². The number of nitrogens with one attached hydrogen (secondary N) is 3. The molecule has 1 heterocycles. The van der Waals surface area contributed by atoms with Crippen molar-refractivity contribution in [2.75, 3.05) is 39.4 Å². The zero-order valence-corrected chi connectivity index (χ0v) is 23.5. The number of nitrogens with two attached hydrogens (primary N) is 1. The highest BCUT2D eigenvalue weighted by atomic mass is 35.5. The van der Waals surface area contributed by atoms with E-state index in [4.69, 9.17) is 25.4 Å². The molecule has 13 nitrogen and oxygen atoms in total. The largest absolute Gasteiger partial charge is 0.466 e. The van der Waals surface area contributed by atoms with Crippen LogP contribution in [0.4, 0.5) is 4.79 Å². The first kappa shape index (κ1) is 32.6. The number of rotatable bonds is 13. The second-order valence-corrected chi connectivity index (χ2v) is 9.41. The van der Waals surface area contributed by atoms with Gasteiger partial charge in [-0.1, -0.05) is 30.3 Å². The topological polar surface area (TPSA) is 176 Å². The van der Waals surface area contributed by atoms with Crippen LogP contribution in [0.25, 0.3) is 0 Å². The fourth-order valence-electron chi connectivity index (χ4n) is 4.16. The van der Waals surface area contributed by atoms with Gasteiger partial charge in [0.1, 0.15) is 12.6 Å². The molecule has 1 saturated carbocycles. The summed E-state index contributed by atoms with van der Waals surface area (Å²) in [4.78, 5) is 54.1. The summed E-state index contributed by atoms with van der Waals surface area (Å²) in [5, 5.41) is 12.9. The smallest absolute Gasteiger partial charge is 0.408 e. The Labute approximate surface area is 240 Å². The number of hydrogen-bond donors (Lipinski definition) is 4. The van der Waals surface area contributed by atoms with Crippen LogP contribution < -0.4 is 16.4 Å². The minimum Gasteiger partial charge on any atom is -0.466 e. The van der Waals surface area contributed by atoms with Gasteiger partial charge in [-0.05, 0) is 25.3 Å². The van der Waals surface area contributed by atoms with Crippen LogP contribution in [0.5, 0.6) is 0 Å². The summed E-state index contributed by atoms with van der Waals surface area (Å²) in [5.74, 6) is -1.43. The van der Waals surface area contributed by atoms with E-state index in [1.54, 1.807) is 24.0 Å². The fourth-order valence-corrected chi connectivity index (χ4v) is 4.16. The van der Waals surface area contributed by atoms with Crippen LogP contribution in [-0.2, 0) is 35.2 Å². The van der Waals surface area contributed by atoms with Crippen molar-refractivity contribution in [3.8, 4) is 0 Å². The first-order chi connectivity index (χ1) is 18.8. The summed E-state index contributed by atoms with van der Waals surface area (Å²) in [6, 6.07) is 7.81. The molecule has 40 heavy (non-hydrogen) atoms. The zero-order chi connectivity index (χ0) is 28.2. The third-order valence-electron chi connectivity index (χ3n) is 6.33. The quantitative estimate of drug-likeness (QED) is 0.148. The third-order valence-corrected chi connectivity index (χ3v) is 6.33. The van der Waals surface area contributed by atoms with E-state index >= 15 is 0 Å². The van der Waals surface area contributed by atoms with E-state index in [9.17, 15) is 19.2 Å². The number of hydrogen-bond acceptors (Lipinski definition) is 8. The van der Waals surface area contributed by atoms with Crippen molar-refractivity contribution in [3.05, 3.63) is 35.9 Å². The lowest BCUT2D eigenvalue weighted by atomic mass is 10.1. The lowest BCUT2D eigenvalue weighted by molar-refractivity contribution is -0.144. The molecule has 2 fully saturated rings. The zero-order valence-electron chi connectivity index (χ0n) is 22.6. The van der Waals surface area contributed by atoms with Crippen molar-refractivity contribution in [1.82, 2.24) is 20.4 Å². The van der Waals surface area contributed by atoms with Crippen LogP contribution in [-0.4, -0.2) is 97.2 Å². The number of esters is 1. The highest BCUT2D eigenvalue weighted by Crippen LogP contribution is 2.28. The van der Waals surface area contributed by atoms with Crippen LogP contribution in [0.15, 0.2) is 30.3 Å². The molecule has 3 rings (SSSR count). The van der Waals surface area contributed by atoms with Gasteiger partial charge in [-0.2, -0.15) is 0 Å². The minimum atomic E-state index is -1.20. The molecule has 0 radical (unpaired) electrons. The van der Waals surface area contributed by atoms with Crippen molar-refractivity contribution in [2.24, 2.45) is 5.73 Å². The molecule has 1 unspecified atom stereocenters. The number of amides is 3. The molecule has 2 atom stereocenters. The van der Waals surface area contributed by atoms with Gasteiger partial charge in [-0.3, -0.25) is 19.8 Å². The van der Waals surface area contributed by atoms with Crippen LogP contribution in [0.2, 0.25) is 0 Å². The molecule has 1 aromatic rings. The number of ether oxygens (including phenoxy) is 3. The lowest BCUT2D eigenvalue weighted by Gasteiger charge is -2.33. The summed E-state index contributed by atoms with van der Waals surface area (Å²) in [7, 11) is 0. The number of guanidine groups is 1. The lowest BCUT2D eigenvalue weighted by Crippen LogP contribution is -2.53. The van der Waals surface area contributed by atoms with Gasteiger partial charge < -0.3 is 40.4 Å². The van der Waals surface area contributed by atoms with Gasteiger partial charge in [0.15, 0.2) is 5.96 Å². The molecule has 1 saturated heterocycles. The Kier molecular flexibility index (Phi) is 13.5. The molecule has 3 amide bonds. The maximum absolute atomic E-state index is 13.5. The maximum atomic E-state index is 13.5. The first-order valence-electron chi connectivity index (χ1n) is 13.2. The molecule has 2 aliphatic rings. The summed E-state index contributed by atoms with van der Waals surface area (Å²) in [6.45, 7) is 3.43. The van der Waals surface area contributed by atoms with Crippen LogP contribution in [0, 0.1) is 5.41 Å². The number of carbonyl (C=O) groups is 4. The Balaban J connectivity index is 0.00000560. The van der Waals surface area contributed by atoms with Gasteiger partial charge in [0.25, 0.3) is 0 Å². The van der Waals surface area contributed by atoms with E-state index in [1.807, 2.05) is 18.2 Å². The second kappa shape index (κ2) is 16.5. The fraction of sp³-hybridized carbons (Fsp3) is 0.577. The molecule has 0 aromatic heterocycles. The minimum absolute atomic E-state index is 0. The predicted molar refractivity (Wildman–Crippen MR) is 148 cm³/mol. The second-order valence-electron chi connectivity index (χ2n) is 9.41. The number of alkyl carbamates (subject to hydrolysis) is 1. The van der Waals surface area contributed by atoms with Crippen molar-refractivity contribution in [2.45, 2.75) is 57.4 Å². The molecular weight excluding hydrogens is 544 g/mol. The summed E-state index contributed by atoms with van der Waals surface area (Å²) >= 11 is 0. The van der Waals surface area contributed by atoms with Gasteiger partial charge in [0, 0.05) is 32.2 Å². The van der Waals surface area contributed by atoms with E-state index in [-0.39, 0.29) is 69.7 Å². The average molecular weight is 583 g/mol. The van der Waals surface area contributed by atoms with Crippen LogP contribution in [0.3, 0.4) is 0 Å². The van der Waals surface area contributed by atoms with Crippen molar-refractivity contribution >= 4 is 42.2 Å². The summed E-state index contributed by atoms with van der Waals surface area (Å²) in [6.07, 6.45) is 0.0234. The highest BCUT2D eigenvalue weighted by molar-refractivity contribution is 5.91. The predicted octanol–water partition coefficient (Wildman–Crippen LogP) is 0.748. The SMILES string of the molecule is CCOC(=O)CCN(C(=O)[C@H](CC(=O)NCC1CN(C(=N)N)CCO1)NC(=O)OCc1ccccc1)C1CC1.Cl. The molecule has 0 spiro atoms. The Morgan fingerprint density at radius 1 is 1.20 bits per heavy atom. The van der Waals surface area contributed by atoms with Crippen molar-refractivity contribution in [3.63, 3.8) is 0 Å². The van der Waals surface area contributed by atoms with Gasteiger partial charge in [-0.25, -0.2) is 4.79 Å². The normalized spacial score (nSPS) is 17.0. The number of morpholine rings is 1. The Bertz CT molecular complexity index is 1010. The monoisotopic (exact) mass is 582 g/mol. The van der Waals surface area contributed by atoms with Crippen LogP contribution in [0.1, 0.15) is 38.2 Å². The van der Waals surface area contributed by atoms with E-state index in [0.717, 1.165) is 18.4 Å². The number of halogens is 1. The molecule has 1 aliphatic heterocycles. The molecule has 0 bridgehead atoms. The Morgan fingerprint density at radius 3 is 2.58 bits per heavy atom. The highest BCUT2D eigenvalue weighted by Gasteiger charge is 2.37. The number of carbonyl (C=O) groups excluding carboxylic acids is 4. The van der Waals surface area contributed by atoms with Gasteiger partial charge in [-0.15, -0.1) is 12.4 Å².